The van der Waals surface area contributed by atoms with Gasteiger partial charge in [-0.1, -0.05) is 12.1 Å². The van der Waals surface area contributed by atoms with Crippen LogP contribution in [0.15, 0.2) is 24.3 Å². The minimum absolute atomic E-state index is 0.372. The Bertz CT molecular complexity index is 480. The molecular formula is C11H15NO4S. The summed E-state index contributed by atoms with van der Waals surface area (Å²) >= 11 is 0. The smallest absolute Gasteiger partial charge is 0.306 e. The van der Waals surface area contributed by atoms with Gasteiger partial charge in [-0.05, 0) is 12.1 Å². The van der Waals surface area contributed by atoms with Crippen LogP contribution in [0.25, 0.3) is 0 Å². The van der Waals surface area contributed by atoms with Crippen molar-refractivity contribution in [1.82, 2.24) is 0 Å². The standard InChI is InChI=1S/C11H15NO4S/c1-17(13,14)16-11-5-3-2-4-10(11)12-6-8-15-9-7-12/h2-5H,6-9H2,1H3. The highest BCUT2D eigenvalue weighted by Gasteiger charge is 2.17. The van der Waals surface area contributed by atoms with Gasteiger partial charge in [0.2, 0.25) is 0 Å². The SMILES string of the molecule is CS(=O)(=O)Oc1ccccc1N1CCOCC1. The summed E-state index contributed by atoms with van der Waals surface area (Å²) in [7, 11) is -3.50. The van der Waals surface area contributed by atoms with E-state index in [-0.39, 0.29) is 0 Å². The van der Waals surface area contributed by atoms with Gasteiger partial charge in [-0.2, -0.15) is 8.42 Å². The number of hydrogen-bond donors (Lipinski definition) is 0. The first kappa shape index (κ1) is 12.2. The molecule has 0 radical (unpaired) electrons. The van der Waals surface area contributed by atoms with Crippen molar-refractivity contribution in [2.45, 2.75) is 0 Å². The number of ether oxygens (including phenoxy) is 1. The molecule has 2 rings (SSSR count). The molecule has 6 heteroatoms. The van der Waals surface area contributed by atoms with Crippen LogP contribution in [0.4, 0.5) is 5.69 Å². The van der Waals surface area contributed by atoms with Gasteiger partial charge in [-0.15, -0.1) is 0 Å². The second-order valence-electron chi connectivity index (χ2n) is 3.85. The Kier molecular flexibility index (Phi) is 3.54. The minimum atomic E-state index is -3.50. The van der Waals surface area contributed by atoms with Crippen molar-refractivity contribution in [2.24, 2.45) is 0 Å². The quantitative estimate of drug-likeness (QED) is 0.752. The lowest BCUT2D eigenvalue weighted by Gasteiger charge is -2.29. The maximum Gasteiger partial charge on any atom is 0.306 e. The third-order valence-electron chi connectivity index (χ3n) is 2.46. The van der Waals surface area contributed by atoms with Crippen LogP contribution in [0.3, 0.4) is 0 Å². The Morgan fingerprint density at radius 2 is 1.88 bits per heavy atom. The second kappa shape index (κ2) is 4.93. The maximum absolute atomic E-state index is 11.2. The number of para-hydroxylation sites is 2. The van der Waals surface area contributed by atoms with Gasteiger partial charge in [0.05, 0.1) is 25.2 Å². The molecular weight excluding hydrogens is 242 g/mol. The molecule has 0 N–H and O–H groups in total. The van der Waals surface area contributed by atoms with Gasteiger partial charge in [0.15, 0.2) is 5.75 Å². The number of hydrogen-bond acceptors (Lipinski definition) is 5. The lowest BCUT2D eigenvalue weighted by Crippen LogP contribution is -2.36. The van der Waals surface area contributed by atoms with E-state index in [0.29, 0.717) is 19.0 Å². The van der Waals surface area contributed by atoms with E-state index >= 15 is 0 Å². The van der Waals surface area contributed by atoms with Gasteiger partial charge in [-0.3, -0.25) is 0 Å². The molecule has 1 aromatic rings. The molecule has 5 nitrogen and oxygen atoms in total. The maximum atomic E-state index is 11.2. The molecule has 1 saturated heterocycles. The molecule has 1 fully saturated rings. The van der Waals surface area contributed by atoms with E-state index in [1.165, 1.54) is 0 Å². The monoisotopic (exact) mass is 257 g/mol. The van der Waals surface area contributed by atoms with E-state index in [1.807, 2.05) is 12.1 Å². The summed E-state index contributed by atoms with van der Waals surface area (Å²) in [6.45, 7) is 2.77. The van der Waals surface area contributed by atoms with Crippen molar-refractivity contribution < 1.29 is 17.3 Å². The molecule has 0 aliphatic carbocycles. The summed E-state index contributed by atoms with van der Waals surface area (Å²) in [5.41, 5.74) is 0.793. The molecule has 1 heterocycles. The van der Waals surface area contributed by atoms with E-state index in [2.05, 4.69) is 4.90 Å². The zero-order valence-corrected chi connectivity index (χ0v) is 10.4. The predicted octanol–water partition coefficient (Wildman–Crippen LogP) is 0.862. The van der Waals surface area contributed by atoms with E-state index in [4.69, 9.17) is 8.92 Å². The van der Waals surface area contributed by atoms with Crippen molar-refractivity contribution in [3.8, 4) is 5.75 Å². The summed E-state index contributed by atoms with van der Waals surface area (Å²) in [5, 5.41) is 0. The van der Waals surface area contributed by atoms with Gasteiger partial charge < -0.3 is 13.8 Å². The molecule has 94 valence electrons. The van der Waals surface area contributed by atoms with Gasteiger partial charge in [-0.25, -0.2) is 0 Å². The summed E-state index contributed by atoms with van der Waals surface area (Å²) in [6.07, 6.45) is 1.04. The third kappa shape index (κ3) is 3.34. The number of morpholine rings is 1. The van der Waals surface area contributed by atoms with Gasteiger partial charge in [0.25, 0.3) is 0 Å². The van der Waals surface area contributed by atoms with Crippen molar-refractivity contribution in [3.05, 3.63) is 24.3 Å². The van der Waals surface area contributed by atoms with E-state index < -0.39 is 10.1 Å². The fourth-order valence-electron chi connectivity index (χ4n) is 1.76. The first-order chi connectivity index (χ1) is 8.06. The Hall–Kier alpha value is -1.27. The molecule has 0 atom stereocenters. The molecule has 0 spiro atoms. The average Bonchev–Trinajstić information content (AvgIpc) is 2.29. The molecule has 0 aromatic heterocycles. The van der Waals surface area contributed by atoms with E-state index in [1.54, 1.807) is 12.1 Å². The van der Waals surface area contributed by atoms with Gasteiger partial charge in [0.1, 0.15) is 0 Å². The van der Waals surface area contributed by atoms with Gasteiger partial charge in [0, 0.05) is 13.1 Å². The lowest BCUT2D eigenvalue weighted by molar-refractivity contribution is 0.122. The second-order valence-corrected chi connectivity index (χ2v) is 5.43. The summed E-state index contributed by atoms with van der Waals surface area (Å²) in [4.78, 5) is 2.06. The van der Waals surface area contributed by atoms with Crippen molar-refractivity contribution in [2.75, 3.05) is 37.5 Å². The van der Waals surface area contributed by atoms with Crippen LogP contribution < -0.4 is 9.08 Å². The van der Waals surface area contributed by atoms with Crippen LogP contribution >= 0.6 is 0 Å². The Morgan fingerprint density at radius 3 is 2.53 bits per heavy atom. The predicted molar refractivity (Wildman–Crippen MR) is 64.9 cm³/mol. The summed E-state index contributed by atoms with van der Waals surface area (Å²) < 4.78 is 32.6. The van der Waals surface area contributed by atoms with Crippen LogP contribution in [-0.4, -0.2) is 41.0 Å². The van der Waals surface area contributed by atoms with Crippen molar-refractivity contribution in [1.29, 1.82) is 0 Å². The molecule has 1 aliphatic rings. The molecule has 0 bridgehead atoms. The largest absolute Gasteiger partial charge is 0.380 e. The van der Waals surface area contributed by atoms with Gasteiger partial charge >= 0.3 is 10.1 Å². The number of benzene rings is 1. The minimum Gasteiger partial charge on any atom is -0.380 e. The summed E-state index contributed by atoms with van der Waals surface area (Å²) in [5.74, 6) is 0.372. The molecule has 0 saturated carbocycles. The molecule has 0 amide bonds. The number of anilines is 1. The Labute approximate surface area is 101 Å². The Morgan fingerprint density at radius 1 is 1.24 bits per heavy atom. The first-order valence-corrected chi connectivity index (χ1v) is 7.19. The topological polar surface area (TPSA) is 55.8 Å². The molecule has 1 aromatic carbocycles. The summed E-state index contributed by atoms with van der Waals surface area (Å²) in [6, 6.07) is 7.13. The van der Waals surface area contributed by atoms with Crippen molar-refractivity contribution >= 4 is 15.8 Å². The highest BCUT2D eigenvalue weighted by Crippen LogP contribution is 2.29. The Balaban J connectivity index is 2.26. The first-order valence-electron chi connectivity index (χ1n) is 5.37. The molecule has 1 aliphatic heterocycles. The average molecular weight is 257 g/mol. The molecule has 0 unspecified atom stereocenters. The highest BCUT2D eigenvalue weighted by molar-refractivity contribution is 7.86. The third-order valence-corrected chi connectivity index (χ3v) is 2.94. The normalized spacial score (nSPS) is 16.9. The van der Waals surface area contributed by atoms with E-state index in [9.17, 15) is 8.42 Å². The zero-order valence-electron chi connectivity index (χ0n) is 9.63. The van der Waals surface area contributed by atoms with Crippen LogP contribution in [0.1, 0.15) is 0 Å². The van der Waals surface area contributed by atoms with Crippen LogP contribution in [0.5, 0.6) is 5.75 Å². The highest BCUT2D eigenvalue weighted by atomic mass is 32.2. The van der Waals surface area contributed by atoms with E-state index in [0.717, 1.165) is 25.0 Å². The van der Waals surface area contributed by atoms with Crippen LogP contribution in [0, 0.1) is 0 Å². The molecule has 17 heavy (non-hydrogen) atoms. The van der Waals surface area contributed by atoms with Crippen LogP contribution in [0.2, 0.25) is 0 Å². The lowest BCUT2D eigenvalue weighted by atomic mass is 10.2. The fourth-order valence-corrected chi connectivity index (χ4v) is 2.22. The fraction of sp³-hybridized carbons (Fsp3) is 0.455. The number of nitrogens with zero attached hydrogens (tertiary/aromatic N) is 1. The van der Waals surface area contributed by atoms with Crippen molar-refractivity contribution in [3.63, 3.8) is 0 Å². The zero-order chi connectivity index (χ0) is 12.3. The number of rotatable bonds is 3. The van der Waals surface area contributed by atoms with Crippen LogP contribution in [-0.2, 0) is 14.9 Å².